The molecule has 4 atom stereocenters. The summed E-state index contributed by atoms with van der Waals surface area (Å²) in [5.41, 5.74) is -1.57. The molecule has 10 nitrogen and oxygen atoms in total. The van der Waals surface area contributed by atoms with Crippen LogP contribution in [0.15, 0.2) is 30.5 Å². The number of phenolic OH excluding ortho intramolecular Hbond substituents is 1. The summed E-state index contributed by atoms with van der Waals surface area (Å²) in [5.74, 6) is -1.22. The molecule has 0 amide bonds. The summed E-state index contributed by atoms with van der Waals surface area (Å²) in [7, 11) is 0. The van der Waals surface area contributed by atoms with E-state index in [0.29, 0.717) is 35.7 Å². The SMILES string of the molecule is CCc1c(F)ccc2cc(O)cc(-c3ncc4c(N5C[C@H](CO)OC[C@](C)(O)C5)nc(OC[C@@]56CCCN5C[C@H](F)C6)nc4c3F)c12. The molecule has 3 aliphatic rings. The summed E-state index contributed by atoms with van der Waals surface area (Å²) in [6.45, 7) is 4.39. The number of aliphatic hydroxyl groups is 2. The van der Waals surface area contributed by atoms with Crippen molar-refractivity contribution < 1.29 is 38.0 Å². The topological polar surface area (TPSA) is 124 Å². The lowest BCUT2D eigenvalue weighted by molar-refractivity contribution is -0.0528. The number of aromatic hydroxyl groups is 1. The van der Waals surface area contributed by atoms with Crippen molar-refractivity contribution >= 4 is 27.5 Å². The molecular formula is C34H38F3N5O5. The number of fused-ring (bicyclic) bond motifs is 3. The van der Waals surface area contributed by atoms with Gasteiger partial charge in [0.1, 0.15) is 47.0 Å². The first kappa shape index (κ1) is 31.8. The zero-order valence-corrected chi connectivity index (χ0v) is 26.3. The van der Waals surface area contributed by atoms with E-state index < -0.39 is 35.1 Å². The van der Waals surface area contributed by atoms with Crippen molar-refractivity contribution in [1.82, 2.24) is 19.9 Å². The van der Waals surface area contributed by atoms with E-state index in [1.165, 1.54) is 30.5 Å². The number of ether oxygens (including phenoxy) is 2. The highest BCUT2D eigenvalue weighted by Gasteiger charge is 2.49. The first-order chi connectivity index (χ1) is 22.5. The fourth-order valence-electron chi connectivity index (χ4n) is 7.58. The van der Waals surface area contributed by atoms with Gasteiger partial charge in [0, 0.05) is 31.3 Å². The van der Waals surface area contributed by atoms with Crippen molar-refractivity contribution in [2.45, 2.75) is 62.9 Å². The summed E-state index contributed by atoms with van der Waals surface area (Å²) in [6.07, 6.45) is 2.08. The Balaban J connectivity index is 1.40. The second kappa shape index (κ2) is 12.0. The number of benzene rings is 2. The minimum atomic E-state index is -1.33. The van der Waals surface area contributed by atoms with Crippen molar-refractivity contribution in [3.63, 3.8) is 0 Å². The van der Waals surface area contributed by atoms with E-state index in [4.69, 9.17) is 9.47 Å². The van der Waals surface area contributed by atoms with Gasteiger partial charge in [-0.2, -0.15) is 9.97 Å². The van der Waals surface area contributed by atoms with Crippen molar-refractivity contribution in [3.8, 4) is 23.0 Å². The summed E-state index contributed by atoms with van der Waals surface area (Å²) < 4.78 is 58.3. The lowest BCUT2D eigenvalue weighted by Gasteiger charge is -2.31. The minimum absolute atomic E-state index is 0.0377. The largest absolute Gasteiger partial charge is 0.508 e. The van der Waals surface area contributed by atoms with Gasteiger partial charge in [-0.15, -0.1) is 0 Å². The first-order valence-electron chi connectivity index (χ1n) is 16.0. The van der Waals surface area contributed by atoms with Gasteiger partial charge in [-0.05, 0) is 67.3 Å². The standard InChI is InChI=1S/C34H38F3N5O5/c1-3-23-26(36)6-5-19-9-21(44)10-24(27(19)23)29-28(37)30-25(12-38-29)31(41-14-22(15-43)46-17-33(2,45)16-41)40-32(39-30)47-18-34-7-4-8-42(34)13-20(35)11-34/h5-6,9-10,12,20,22,43-45H,3-4,7-8,11,13-18H2,1-2H3/t20-,22-,33-,34+/m1/s1. The number of pyridine rings is 1. The Labute approximate surface area is 269 Å². The third kappa shape index (κ3) is 5.73. The number of aryl methyl sites for hydroxylation is 1. The quantitative estimate of drug-likeness (QED) is 0.266. The number of hydrogen-bond donors (Lipinski definition) is 3. The molecule has 250 valence electrons. The van der Waals surface area contributed by atoms with E-state index in [0.717, 1.165) is 19.4 Å². The Kier molecular flexibility index (Phi) is 8.14. The molecule has 0 spiro atoms. The third-order valence-corrected chi connectivity index (χ3v) is 9.72. The second-order valence-corrected chi connectivity index (χ2v) is 13.3. The van der Waals surface area contributed by atoms with Crippen LogP contribution in [0.25, 0.3) is 32.9 Å². The number of aromatic nitrogens is 3. The zero-order chi connectivity index (χ0) is 33.1. The molecule has 3 saturated heterocycles. The van der Waals surface area contributed by atoms with Gasteiger partial charge in [-0.3, -0.25) is 9.88 Å². The predicted molar refractivity (Wildman–Crippen MR) is 169 cm³/mol. The zero-order valence-electron chi connectivity index (χ0n) is 26.3. The average Bonchev–Trinajstić information content (AvgIpc) is 3.51. The predicted octanol–water partition coefficient (Wildman–Crippen LogP) is 4.29. The second-order valence-electron chi connectivity index (χ2n) is 13.3. The van der Waals surface area contributed by atoms with Crippen molar-refractivity contribution in [3.05, 3.63) is 47.7 Å². The molecule has 47 heavy (non-hydrogen) atoms. The van der Waals surface area contributed by atoms with Gasteiger partial charge in [0.2, 0.25) is 0 Å². The molecular weight excluding hydrogens is 615 g/mol. The Morgan fingerprint density at radius 3 is 2.79 bits per heavy atom. The number of phenols is 1. The highest BCUT2D eigenvalue weighted by molar-refractivity contribution is 6.01. The molecule has 0 aliphatic carbocycles. The van der Waals surface area contributed by atoms with Crippen LogP contribution in [0.4, 0.5) is 19.0 Å². The summed E-state index contributed by atoms with van der Waals surface area (Å²) in [4.78, 5) is 17.4. The molecule has 3 fully saturated rings. The van der Waals surface area contributed by atoms with Crippen LogP contribution in [-0.2, 0) is 11.2 Å². The third-order valence-electron chi connectivity index (χ3n) is 9.72. The Bertz CT molecular complexity index is 1840. The van der Waals surface area contributed by atoms with E-state index >= 15 is 4.39 Å². The fourth-order valence-corrected chi connectivity index (χ4v) is 7.58. The fraction of sp³-hybridized carbons (Fsp3) is 0.500. The lowest BCUT2D eigenvalue weighted by atomic mass is 9.94. The van der Waals surface area contributed by atoms with Crippen LogP contribution in [0.1, 0.15) is 38.7 Å². The lowest BCUT2D eigenvalue weighted by Crippen LogP contribution is -2.44. The molecule has 0 bridgehead atoms. The van der Waals surface area contributed by atoms with Gasteiger partial charge >= 0.3 is 6.01 Å². The van der Waals surface area contributed by atoms with Gasteiger partial charge in [0.05, 0.1) is 36.8 Å². The van der Waals surface area contributed by atoms with Crippen LogP contribution in [0.3, 0.4) is 0 Å². The molecule has 0 saturated carbocycles. The van der Waals surface area contributed by atoms with Gasteiger partial charge in [-0.1, -0.05) is 13.0 Å². The van der Waals surface area contributed by atoms with Crippen LogP contribution < -0.4 is 9.64 Å². The highest BCUT2D eigenvalue weighted by atomic mass is 19.1. The molecule has 7 rings (SSSR count). The molecule has 13 heteroatoms. The Hall–Kier alpha value is -3.78. The first-order valence-corrected chi connectivity index (χ1v) is 16.0. The molecule has 3 N–H and O–H groups in total. The molecule has 2 aromatic heterocycles. The van der Waals surface area contributed by atoms with Crippen molar-refractivity contribution in [2.75, 3.05) is 50.9 Å². The van der Waals surface area contributed by atoms with Crippen LogP contribution >= 0.6 is 0 Å². The molecule has 4 aromatic rings. The number of β-amino-alcohol motifs (C(OH)–C–C–N with tert-alkyl or cyclic N) is 1. The molecule has 2 aromatic carbocycles. The maximum Gasteiger partial charge on any atom is 0.319 e. The summed E-state index contributed by atoms with van der Waals surface area (Å²) >= 11 is 0. The Morgan fingerprint density at radius 2 is 2.00 bits per heavy atom. The Morgan fingerprint density at radius 1 is 1.17 bits per heavy atom. The van der Waals surface area contributed by atoms with Crippen LogP contribution in [0, 0.1) is 11.6 Å². The van der Waals surface area contributed by atoms with E-state index in [1.807, 2.05) is 0 Å². The van der Waals surface area contributed by atoms with Crippen LogP contribution in [-0.4, -0.2) is 105 Å². The summed E-state index contributed by atoms with van der Waals surface area (Å²) in [6, 6.07) is 5.55. The normalized spacial score (nSPS) is 26.7. The van der Waals surface area contributed by atoms with Crippen LogP contribution in [0.5, 0.6) is 11.8 Å². The number of rotatable bonds is 7. The number of hydrogen-bond acceptors (Lipinski definition) is 10. The molecule has 3 aliphatic heterocycles. The van der Waals surface area contributed by atoms with E-state index in [-0.39, 0.29) is 72.6 Å². The monoisotopic (exact) mass is 653 g/mol. The molecule has 0 unspecified atom stereocenters. The number of halogens is 3. The van der Waals surface area contributed by atoms with Gasteiger partial charge < -0.3 is 29.7 Å². The van der Waals surface area contributed by atoms with Gasteiger partial charge in [0.25, 0.3) is 0 Å². The van der Waals surface area contributed by atoms with Crippen molar-refractivity contribution in [2.24, 2.45) is 0 Å². The van der Waals surface area contributed by atoms with Crippen LogP contribution in [0.2, 0.25) is 0 Å². The summed E-state index contributed by atoms with van der Waals surface area (Å²) in [5, 5.41) is 32.8. The molecule has 5 heterocycles. The number of aliphatic hydroxyl groups excluding tert-OH is 1. The maximum atomic E-state index is 16.9. The smallest absolute Gasteiger partial charge is 0.319 e. The number of alkyl halides is 1. The van der Waals surface area contributed by atoms with E-state index in [9.17, 15) is 24.1 Å². The number of nitrogens with zero attached hydrogens (tertiary/aromatic N) is 5. The minimum Gasteiger partial charge on any atom is -0.508 e. The van der Waals surface area contributed by atoms with E-state index in [2.05, 4.69) is 19.9 Å². The van der Waals surface area contributed by atoms with Gasteiger partial charge in [-0.25, -0.2) is 13.2 Å². The van der Waals surface area contributed by atoms with Crippen molar-refractivity contribution in [1.29, 1.82) is 0 Å². The van der Waals surface area contributed by atoms with Gasteiger partial charge in [0.15, 0.2) is 5.82 Å². The molecule has 0 radical (unpaired) electrons. The number of anilines is 1. The average molecular weight is 654 g/mol. The highest BCUT2D eigenvalue weighted by Crippen LogP contribution is 2.42. The maximum absolute atomic E-state index is 16.9. The van der Waals surface area contributed by atoms with E-state index in [1.54, 1.807) is 18.7 Å².